The van der Waals surface area contributed by atoms with Gasteiger partial charge in [0.1, 0.15) is 18.2 Å². The smallest absolute Gasteiger partial charge is 0.248 e. The topological polar surface area (TPSA) is 89.5 Å². The van der Waals surface area contributed by atoms with E-state index in [0.29, 0.717) is 24.8 Å². The van der Waals surface area contributed by atoms with Gasteiger partial charge in [-0.15, -0.1) is 24.8 Å². The van der Waals surface area contributed by atoms with Gasteiger partial charge in [0.25, 0.3) is 0 Å². The number of rotatable bonds is 7. The van der Waals surface area contributed by atoms with E-state index in [2.05, 4.69) is 19.4 Å². The van der Waals surface area contributed by atoms with Gasteiger partial charge in [0.05, 0.1) is 12.6 Å². The molecule has 5 rings (SSSR count). The number of ether oxygens (including phenoxy) is 1. The van der Waals surface area contributed by atoms with E-state index in [1.165, 1.54) is 45.3 Å². The maximum absolute atomic E-state index is 12.5. The number of morpholine rings is 1. The van der Waals surface area contributed by atoms with Crippen molar-refractivity contribution in [2.75, 3.05) is 45.1 Å². The summed E-state index contributed by atoms with van der Waals surface area (Å²) >= 11 is 0. The lowest BCUT2D eigenvalue weighted by molar-refractivity contribution is -0.150. The van der Waals surface area contributed by atoms with Crippen LogP contribution in [0.15, 0.2) is 30.7 Å². The summed E-state index contributed by atoms with van der Waals surface area (Å²) in [6.45, 7) is 5.94. The predicted molar refractivity (Wildman–Crippen MR) is 133 cm³/mol. The molecule has 1 amide bonds. The van der Waals surface area contributed by atoms with Gasteiger partial charge < -0.3 is 24.8 Å². The van der Waals surface area contributed by atoms with Gasteiger partial charge >= 0.3 is 0 Å². The molecule has 33 heavy (non-hydrogen) atoms. The largest absolute Gasteiger partial charge is 0.384 e. The highest BCUT2D eigenvalue weighted by Gasteiger charge is 2.31. The number of carbonyl (C=O) groups is 1. The zero-order valence-electron chi connectivity index (χ0n) is 18.8. The van der Waals surface area contributed by atoms with E-state index in [9.17, 15) is 4.79 Å². The summed E-state index contributed by atoms with van der Waals surface area (Å²) in [7, 11) is 0. The van der Waals surface area contributed by atoms with Crippen molar-refractivity contribution in [1.29, 1.82) is 0 Å². The molecule has 2 aromatic heterocycles. The van der Waals surface area contributed by atoms with E-state index in [-0.39, 0.29) is 43.4 Å². The maximum Gasteiger partial charge on any atom is 0.248 e. The second-order valence-electron chi connectivity index (χ2n) is 9.29. The Bertz CT molecular complexity index is 914. The molecule has 3 aliphatic rings. The number of piperidine rings is 1. The van der Waals surface area contributed by atoms with Crippen LogP contribution in [-0.2, 0) is 16.1 Å². The van der Waals surface area contributed by atoms with Gasteiger partial charge in [0.2, 0.25) is 5.91 Å². The van der Waals surface area contributed by atoms with Crippen molar-refractivity contribution in [3.63, 3.8) is 0 Å². The lowest BCUT2D eigenvalue weighted by Crippen LogP contribution is -2.50. The van der Waals surface area contributed by atoms with Crippen molar-refractivity contribution in [2.24, 2.45) is 11.8 Å². The summed E-state index contributed by atoms with van der Waals surface area (Å²) in [5, 5.41) is 0. The van der Waals surface area contributed by atoms with Crippen molar-refractivity contribution >= 4 is 36.5 Å². The second-order valence-corrected chi connectivity index (χ2v) is 9.29. The van der Waals surface area contributed by atoms with Crippen LogP contribution in [0.4, 0.5) is 5.82 Å². The summed E-state index contributed by atoms with van der Waals surface area (Å²) in [5.74, 6) is 2.98. The van der Waals surface area contributed by atoms with Crippen LogP contribution in [0, 0.1) is 11.8 Å². The summed E-state index contributed by atoms with van der Waals surface area (Å²) in [5.41, 5.74) is 6.77. The number of hydrogen-bond acceptors (Lipinski definition) is 6. The Kier molecular flexibility index (Phi) is 8.98. The van der Waals surface area contributed by atoms with Gasteiger partial charge in [0, 0.05) is 43.8 Å². The molecule has 1 unspecified atom stereocenters. The second kappa shape index (κ2) is 11.5. The van der Waals surface area contributed by atoms with Gasteiger partial charge in [-0.1, -0.05) is 0 Å². The first-order valence-corrected chi connectivity index (χ1v) is 11.5. The highest BCUT2D eigenvalue weighted by Crippen LogP contribution is 2.31. The average molecular weight is 497 g/mol. The van der Waals surface area contributed by atoms with E-state index < -0.39 is 0 Å². The molecule has 10 heteroatoms. The SMILES string of the molecule is Cl.Cl.Nc1cc(-c2nccn2CC2CN(CC3CCN(CC4CC4)CC3)C(=O)CO2)ccn1. The van der Waals surface area contributed by atoms with E-state index >= 15 is 0 Å². The number of carbonyl (C=O) groups excluding carboxylic acids is 1. The van der Waals surface area contributed by atoms with Gasteiger partial charge in [-0.2, -0.15) is 0 Å². The molecule has 0 radical (unpaired) electrons. The number of aromatic nitrogens is 3. The van der Waals surface area contributed by atoms with E-state index in [0.717, 1.165) is 23.9 Å². The Labute approximate surface area is 207 Å². The van der Waals surface area contributed by atoms with Crippen LogP contribution in [0.25, 0.3) is 11.4 Å². The molecule has 4 heterocycles. The van der Waals surface area contributed by atoms with Crippen LogP contribution >= 0.6 is 24.8 Å². The van der Waals surface area contributed by atoms with Crippen molar-refractivity contribution in [3.8, 4) is 11.4 Å². The van der Waals surface area contributed by atoms with Crippen LogP contribution < -0.4 is 5.73 Å². The summed E-state index contributed by atoms with van der Waals surface area (Å²) in [4.78, 5) is 25.7. The highest BCUT2D eigenvalue weighted by molar-refractivity contribution is 5.85. The molecule has 1 aliphatic carbocycles. The maximum atomic E-state index is 12.5. The number of hydrogen-bond donors (Lipinski definition) is 1. The molecule has 0 aromatic carbocycles. The van der Waals surface area contributed by atoms with Crippen LogP contribution in [0.1, 0.15) is 25.7 Å². The molecule has 1 saturated carbocycles. The number of halogens is 2. The number of imidazole rings is 1. The minimum atomic E-state index is -0.0419. The van der Waals surface area contributed by atoms with Gasteiger partial charge in [-0.05, 0) is 62.7 Å². The van der Waals surface area contributed by atoms with Crippen LogP contribution in [0.5, 0.6) is 0 Å². The first-order valence-electron chi connectivity index (χ1n) is 11.5. The molecule has 2 saturated heterocycles. The van der Waals surface area contributed by atoms with Gasteiger partial charge in [-0.3, -0.25) is 4.79 Å². The van der Waals surface area contributed by atoms with E-state index in [1.807, 2.05) is 23.2 Å². The third kappa shape index (κ3) is 6.59. The summed E-state index contributed by atoms with van der Waals surface area (Å²) in [6, 6.07) is 3.73. The van der Waals surface area contributed by atoms with Gasteiger partial charge in [-0.25, -0.2) is 9.97 Å². The number of likely N-dealkylation sites (tertiary alicyclic amines) is 1. The minimum absolute atomic E-state index is 0. The summed E-state index contributed by atoms with van der Waals surface area (Å²) < 4.78 is 7.95. The third-order valence-corrected chi connectivity index (χ3v) is 6.77. The Morgan fingerprint density at radius 1 is 1.00 bits per heavy atom. The Morgan fingerprint density at radius 3 is 2.48 bits per heavy atom. The first kappa shape index (κ1) is 25.7. The Morgan fingerprint density at radius 2 is 1.76 bits per heavy atom. The van der Waals surface area contributed by atoms with Crippen LogP contribution in [-0.4, -0.2) is 75.7 Å². The molecule has 2 N–H and O–H groups in total. The first-order chi connectivity index (χ1) is 15.1. The number of nitrogens with zero attached hydrogens (tertiary/aromatic N) is 5. The molecule has 0 spiro atoms. The Hall–Kier alpha value is -1.87. The molecule has 8 nitrogen and oxygen atoms in total. The lowest BCUT2D eigenvalue weighted by atomic mass is 9.95. The molecular formula is C23H34Cl2N6O2. The zero-order chi connectivity index (χ0) is 21.2. The number of nitrogen functional groups attached to an aromatic ring is 1. The quantitative estimate of drug-likeness (QED) is 0.633. The fourth-order valence-electron chi connectivity index (χ4n) is 4.82. The number of nitrogens with two attached hydrogens (primary N) is 1. The number of pyridine rings is 1. The molecule has 0 bridgehead atoms. The number of amides is 1. The van der Waals surface area contributed by atoms with Crippen LogP contribution in [0.3, 0.4) is 0 Å². The molecule has 3 fully saturated rings. The van der Waals surface area contributed by atoms with Crippen molar-refractivity contribution in [2.45, 2.75) is 38.3 Å². The number of anilines is 1. The highest BCUT2D eigenvalue weighted by atomic mass is 35.5. The lowest BCUT2D eigenvalue weighted by Gasteiger charge is -2.38. The zero-order valence-corrected chi connectivity index (χ0v) is 20.5. The van der Waals surface area contributed by atoms with Crippen molar-refractivity contribution in [3.05, 3.63) is 30.7 Å². The van der Waals surface area contributed by atoms with Crippen molar-refractivity contribution in [1.82, 2.24) is 24.3 Å². The molecule has 2 aliphatic heterocycles. The monoisotopic (exact) mass is 496 g/mol. The molecule has 2 aromatic rings. The molecule has 1 atom stereocenters. The standard InChI is InChI=1S/C23H32N6O2.2ClH/c24-21-11-19(3-6-25-21)23-26-7-10-28(23)14-20-15-29(22(30)16-31-20)13-18-4-8-27(9-5-18)12-17-1-2-17;;/h3,6-7,10-11,17-18,20H,1-2,4-5,8-9,12-16H2,(H2,24,25);2*1H. The fraction of sp³-hybridized carbons (Fsp3) is 0.609. The fourth-order valence-corrected chi connectivity index (χ4v) is 4.82. The average Bonchev–Trinajstić information content (AvgIpc) is 3.46. The minimum Gasteiger partial charge on any atom is -0.384 e. The van der Waals surface area contributed by atoms with Crippen LogP contribution in [0.2, 0.25) is 0 Å². The van der Waals surface area contributed by atoms with E-state index in [1.54, 1.807) is 12.4 Å². The molecular weight excluding hydrogens is 463 g/mol. The third-order valence-electron chi connectivity index (χ3n) is 6.77. The summed E-state index contributed by atoms with van der Waals surface area (Å²) in [6.07, 6.45) is 10.6. The van der Waals surface area contributed by atoms with Crippen molar-refractivity contribution < 1.29 is 9.53 Å². The normalized spacial score (nSPS) is 22.0. The predicted octanol–water partition coefficient (Wildman–Crippen LogP) is 2.72. The molecule has 182 valence electrons. The Balaban J connectivity index is 0.00000153. The van der Waals surface area contributed by atoms with Gasteiger partial charge in [0.15, 0.2) is 0 Å². The van der Waals surface area contributed by atoms with E-state index in [4.69, 9.17) is 10.5 Å².